The molecule has 0 aromatic heterocycles. The first-order valence-corrected chi connectivity index (χ1v) is 9.94. The third-order valence-corrected chi connectivity index (χ3v) is 5.43. The van der Waals surface area contributed by atoms with Crippen molar-refractivity contribution in [3.63, 3.8) is 0 Å². The number of nitrogens with one attached hydrogen (secondary N) is 1. The number of carbonyl (C=O) groups excluding carboxylic acids is 2. The summed E-state index contributed by atoms with van der Waals surface area (Å²) in [7, 11) is 1.31. The fourth-order valence-electron chi connectivity index (χ4n) is 3.45. The molecule has 1 amide bonds. The number of nitrogens with zero attached hydrogens (tertiary/aromatic N) is 1. The van der Waals surface area contributed by atoms with Gasteiger partial charge in [0.25, 0.3) is 5.91 Å². The van der Waals surface area contributed by atoms with Crippen molar-refractivity contribution in [1.82, 2.24) is 4.90 Å². The first kappa shape index (κ1) is 20.4. The quantitative estimate of drug-likeness (QED) is 0.666. The van der Waals surface area contributed by atoms with Crippen LogP contribution in [-0.4, -0.2) is 47.7 Å². The number of rotatable bonds is 6. The van der Waals surface area contributed by atoms with Gasteiger partial charge in [-0.05, 0) is 42.7 Å². The number of benzene rings is 2. The minimum absolute atomic E-state index is 0.426. The van der Waals surface area contributed by atoms with Crippen LogP contribution in [0.1, 0.15) is 24.4 Å². The monoisotopic (exact) mass is 446 g/mol. The first-order valence-electron chi connectivity index (χ1n) is 9.14. The van der Waals surface area contributed by atoms with E-state index in [1.807, 2.05) is 54.6 Å². The Balaban J connectivity index is 1.85. The third-order valence-electron chi connectivity index (χ3n) is 4.90. The highest BCUT2D eigenvalue weighted by atomic mass is 79.9. The maximum atomic E-state index is 13.1. The zero-order valence-electron chi connectivity index (χ0n) is 15.5. The minimum Gasteiger partial charge on any atom is -0.467 e. The lowest BCUT2D eigenvalue weighted by atomic mass is 9.99. The van der Waals surface area contributed by atoms with E-state index in [0.29, 0.717) is 19.4 Å². The molecule has 1 aliphatic rings. The van der Waals surface area contributed by atoms with Crippen molar-refractivity contribution in [2.24, 2.45) is 0 Å². The van der Waals surface area contributed by atoms with Gasteiger partial charge >= 0.3 is 5.97 Å². The smallest absolute Gasteiger partial charge is 0.328 e. The lowest BCUT2D eigenvalue weighted by Crippen LogP contribution is -2.48. The Morgan fingerprint density at radius 2 is 1.86 bits per heavy atom. The highest BCUT2D eigenvalue weighted by molar-refractivity contribution is 9.10. The van der Waals surface area contributed by atoms with Crippen molar-refractivity contribution >= 4 is 33.5 Å². The maximum Gasteiger partial charge on any atom is 0.328 e. The zero-order valence-corrected chi connectivity index (χ0v) is 17.1. The zero-order chi connectivity index (χ0) is 20.1. The fraction of sp³-hybridized carbons (Fsp3) is 0.333. The fourth-order valence-corrected chi connectivity index (χ4v) is 3.72. The second-order valence-electron chi connectivity index (χ2n) is 6.70. The van der Waals surface area contributed by atoms with Crippen molar-refractivity contribution < 1.29 is 19.4 Å². The van der Waals surface area contributed by atoms with Gasteiger partial charge < -0.3 is 20.1 Å². The number of halogens is 1. The number of amides is 1. The van der Waals surface area contributed by atoms with Gasteiger partial charge in [0.1, 0.15) is 6.04 Å². The van der Waals surface area contributed by atoms with Gasteiger partial charge in [0, 0.05) is 16.7 Å². The second kappa shape index (κ2) is 9.21. The van der Waals surface area contributed by atoms with Crippen LogP contribution in [0.2, 0.25) is 0 Å². The summed E-state index contributed by atoms with van der Waals surface area (Å²) in [6.07, 6.45) is -0.105. The number of methoxy groups -OCH3 is 1. The summed E-state index contributed by atoms with van der Waals surface area (Å²) in [5.41, 5.74) is 1.55. The van der Waals surface area contributed by atoms with Crippen LogP contribution in [0.5, 0.6) is 0 Å². The number of aliphatic hydroxyl groups is 1. The molecule has 28 heavy (non-hydrogen) atoms. The summed E-state index contributed by atoms with van der Waals surface area (Å²) in [5, 5.41) is 14.2. The van der Waals surface area contributed by atoms with Gasteiger partial charge in [-0.3, -0.25) is 4.79 Å². The molecule has 1 saturated heterocycles. The van der Waals surface area contributed by atoms with Crippen LogP contribution >= 0.6 is 15.9 Å². The highest BCUT2D eigenvalue weighted by Crippen LogP contribution is 2.27. The predicted molar refractivity (Wildman–Crippen MR) is 110 cm³/mol. The van der Waals surface area contributed by atoms with Crippen LogP contribution in [0.3, 0.4) is 0 Å². The molecule has 1 fully saturated rings. The molecule has 3 rings (SSSR count). The molecule has 0 radical (unpaired) electrons. The number of ether oxygens (including phenoxy) is 1. The largest absolute Gasteiger partial charge is 0.467 e. The number of anilines is 1. The van der Waals surface area contributed by atoms with Crippen molar-refractivity contribution in [1.29, 1.82) is 0 Å². The van der Waals surface area contributed by atoms with E-state index in [0.717, 1.165) is 15.7 Å². The van der Waals surface area contributed by atoms with Crippen LogP contribution in [0.15, 0.2) is 59.1 Å². The summed E-state index contributed by atoms with van der Waals surface area (Å²) < 4.78 is 5.75. The molecule has 2 N–H and O–H groups in total. The van der Waals surface area contributed by atoms with Crippen LogP contribution in [0.4, 0.5) is 5.69 Å². The number of aliphatic hydroxyl groups excluding tert-OH is 1. The lowest BCUT2D eigenvalue weighted by Gasteiger charge is -2.30. The average Bonchev–Trinajstić information content (AvgIpc) is 3.22. The average molecular weight is 447 g/mol. The molecule has 7 heteroatoms. The minimum atomic E-state index is -1.35. The van der Waals surface area contributed by atoms with Gasteiger partial charge in [-0.1, -0.05) is 46.3 Å². The molecular formula is C21H23BrN2O4. The van der Waals surface area contributed by atoms with Gasteiger partial charge in [0.15, 0.2) is 6.10 Å². The molecule has 0 aliphatic carbocycles. The third kappa shape index (κ3) is 4.54. The molecule has 3 atom stereocenters. The van der Waals surface area contributed by atoms with Gasteiger partial charge in [-0.2, -0.15) is 0 Å². The predicted octanol–water partition coefficient (Wildman–Crippen LogP) is 3.13. The van der Waals surface area contributed by atoms with E-state index in [-0.39, 0.29) is 0 Å². The second-order valence-corrected chi connectivity index (χ2v) is 7.61. The van der Waals surface area contributed by atoms with Crippen molar-refractivity contribution in [3.8, 4) is 0 Å². The molecular weight excluding hydrogens is 424 g/mol. The lowest BCUT2D eigenvalue weighted by molar-refractivity contribution is -0.154. The Morgan fingerprint density at radius 1 is 1.18 bits per heavy atom. The van der Waals surface area contributed by atoms with E-state index in [1.165, 1.54) is 12.0 Å². The SMILES string of the molecule is COC(=O)[C@@H]1CCCN1C(=O)[C@@H](O)[C@H](Nc1ccc(Br)cc1)c1ccccc1. The molecule has 6 nitrogen and oxygen atoms in total. The number of likely N-dealkylation sites (tertiary alicyclic amines) is 1. The molecule has 2 aromatic rings. The normalized spacial score (nSPS) is 18.4. The summed E-state index contributed by atoms with van der Waals surface area (Å²) in [5.74, 6) is -0.929. The Bertz CT molecular complexity index is 813. The van der Waals surface area contributed by atoms with Crippen molar-refractivity contribution in [2.75, 3.05) is 19.0 Å². The van der Waals surface area contributed by atoms with Crippen LogP contribution in [0.25, 0.3) is 0 Å². The Hall–Kier alpha value is -2.38. The van der Waals surface area contributed by atoms with E-state index in [2.05, 4.69) is 21.2 Å². The van der Waals surface area contributed by atoms with Gasteiger partial charge in [-0.25, -0.2) is 4.79 Å². The van der Waals surface area contributed by atoms with Gasteiger partial charge in [0.05, 0.1) is 13.2 Å². The van der Waals surface area contributed by atoms with E-state index >= 15 is 0 Å². The standard InChI is InChI=1S/C21H23BrN2O4/c1-28-21(27)17-8-5-13-24(17)20(26)19(25)18(14-6-3-2-4-7-14)23-16-11-9-15(22)10-12-16/h2-4,6-7,9-12,17-19,23,25H,5,8,13H2,1H3/t17-,18+,19-/m0/s1. The van der Waals surface area contributed by atoms with Crippen LogP contribution < -0.4 is 5.32 Å². The Kier molecular flexibility index (Phi) is 6.70. The molecule has 0 bridgehead atoms. The van der Waals surface area contributed by atoms with E-state index in [4.69, 9.17) is 4.74 Å². The Morgan fingerprint density at radius 3 is 2.50 bits per heavy atom. The van der Waals surface area contributed by atoms with Crippen molar-refractivity contribution in [2.45, 2.75) is 31.0 Å². The molecule has 0 saturated carbocycles. The molecule has 0 spiro atoms. The summed E-state index contributed by atoms with van der Waals surface area (Å²) in [6.45, 7) is 0.426. The molecule has 0 unspecified atom stereocenters. The maximum absolute atomic E-state index is 13.1. The highest BCUT2D eigenvalue weighted by Gasteiger charge is 2.40. The molecule has 1 aliphatic heterocycles. The number of esters is 1. The molecule has 1 heterocycles. The number of hydrogen-bond donors (Lipinski definition) is 2. The summed E-state index contributed by atoms with van der Waals surface area (Å²) >= 11 is 3.40. The van der Waals surface area contributed by atoms with Crippen molar-refractivity contribution in [3.05, 3.63) is 64.6 Å². The van der Waals surface area contributed by atoms with Gasteiger partial charge in [-0.15, -0.1) is 0 Å². The summed E-state index contributed by atoms with van der Waals surface area (Å²) in [4.78, 5) is 26.5. The summed E-state index contributed by atoms with van der Waals surface area (Å²) in [6, 6.07) is 15.5. The van der Waals surface area contributed by atoms with E-state index in [1.54, 1.807) is 0 Å². The first-order chi connectivity index (χ1) is 13.5. The molecule has 148 valence electrons. The van der Waals surface area contributed by atoms with Crippen LogP contribution in [0, 0.1) is 0 Å². The Labute approximate surface area is 172 Å². The van der Waals surface area contributed by atoms with E-state index in [9.17, 15) is 14.7 Å². The van der Waals surface area contributed by atoms with E-state index < -0.39 is 30.1 Å². The topological polar surface area (TPSA) is 78.9 Å². The van der Waals surface area contributed by atoms with Gasteiger partial charge in [0.2, 0.25) is 0 Å². The number of carbonyl (C=O) groups is 2. The number of hydrogen-bond acceptors (Lipinski definition) is 5. The molecule has 2 aromatic carbocycles. The van der Waals surface area contributed by atoms with Crippen LogP contribution in [-0.2, 0) is 14.3 Å².